The summed E-state index contributed by atoms with van der Waals surface area (Å²) < 4.78 is 0. The predicted molar refractivity (Wildman–Crippen MR) is 53.7 cm³/mol. The number of nitrogens with zero attached hydrogens (tertiary/aromatic N) is 1. The lowest BCUT2D eigenvalue weighted by Crippen LogP contribution is -2.54. The van der Waals surface area contributed by atoms with Gasteiger partial charge in [0, 0.05) is 12.3 Å². The van der Waals surface area contributed by atoms with Crippen molar-refractivity contribution in [2.24, 2.45) is 4.99 Å². The molecule has 2 heterocycles. The third kappa shape index (κ3) is 1.36. The summed E-state index contributed by atoms with van der Waals surface area (Å²) in [5.41, 5.74) is 0.0712. The molecule has 0 saturated carbocycles. The van der Waals surface area contributed by atoms with Gasteiger partial charge >= 0.3 is 0 Å². The summed E-state index contributed by atoms with van der Waals surface area (Å²) >= 11 is 4.98. The van der Waals surface area contributed by atoms with Gasteiger partial charge in [0.15, 0.2) is 5.11 Å². The lowest BCUT2D eigenvalue weighted by Gasteiger charge is -2.35. The third-order valence-corrected chi connectivity index (χ3v) is 2.73. The summed E-state index contributed by atoms with van der Waals surface area (Å²) in [6, 6.07) is 0.554. The van der Waals surface area contributed by atoms with Crippen LogP contribution in [0, 0.1) is 0 Å². The van der Waals surface area contributed by atoms with E-state index in [4.69, 9.17) is 12.2 Å². The van der Waals surface area contributed by atoms with Crippen LogP contribution in [0.4, 0.5) is 0 Å². The van der Waals surface area contributed by atoms with E-state index in [2.05, 4.69) is 22.5 Å². The largest absolute Gasteiger partial charge is 0.350 e. The summed E-state index contributed by atoms with van der Waals surface area (Å²) in [7, 11) is 0. The van der Waals surface area contributed by atoms with Crippen LogP contribution in [0.5, 0.6) is 0 Å². The van der Waals surface area contributed by atoms with E-state index in [1.54, 1.807) is 0 Å². The molecule has 0 amide bonds. The number of rotatable bonds is 0. The topological polar surface area (TPSA) is 36.4 Å². The summed E-state index contributed by atoms with van der Waals surface area (Å²) in [5, 5.41) is 7.31. The molecule has 2 aliphatic rings. The second-order valence-electron chi connectivity index (χ2n) is 3.65. The lowest BCUT2D eigenvalue weighted by molar-refractivity contribution is 0.321. The highest BCUT2D eigenvalue weighted by atomic mass is 32.1. The molecule has 1 spiro atoms. The second-order valence-corrected chi connectivity index (χ2v) is 4.04. The van der Waals surface area contributed by atoms with Crippen LogP contribution in [0.25, 0.3) is 0 Å². The van der Waals surface area contributed by atoms with Crippen LogP contribution in [0.2, 0.25) is 0 Å². The summed E-state index contributed by atoms with van der Waals surface area (Å²) in [6.45, 7) is 3.24. The van der Waals surface area contributed by atoms with Crippen molar-refractivity contribution in [1.29, 1.82) is 0 Å². The molecule has 0 aliphatic carbocycles. The molecule has 2 aliphatic heterocycles. The maximum atomic E-state index is 4.98. The fraction of sp³-hybridized carbons (Fsp3) is 0.750. The summed E-state index contributed by atoms with van der Waals surface area (Å²) in [4.78, 5) is 4.12. The van der Waals surface area contributed by atoms with Crippen molar-refractivity contribution < 1.29 is 0 Å². The Labute approximate surface area is 77.6 Å². The minimum absolute atomic E-state index is 0.0712. The van der Waals surface area contributed by atoms with Crippen LogP contribution in [-0.4, -0.2) is 29.5 Å². The van der Waals surface area contributed by atoms with Gasteiger partial charge in [-0.1, -0.05) is 0 Å². The number of nitrogens with one attached hydrogen (secondary N) is 2. The van der Waals surface area contributed by atoms with Crippen LogP contribution in [0.3, 0.4) is 0 Å². The molecule has 66 valence electrons. The minimum atomic E-state index is 0.0712. The Morgan fingerprint density at radius 1 is 1.75 bits per heavy atom. The smallest absolute Gasteiger partial charge is 0.193 e. The average molecular weight is 183 g/mol. The standard InChI is InChI=1S/C8H13N3S/c1-6-4-8(2-3-9-6)5-10-7(12)11-8/h5-6,9H,2-4H2,1H3,(H,11,12). The highest BCUT2D eigenvalue weighted by molar-refractivity contribution is 7.80. The predicted octanol–water partition coefficient (Wildman–Crippen LogP) is 0.456. The summed E-state index contributed by atoms with van der Waals surface area (Å²) in [6.07, 6.45) is 4.14. The molecule has 1 fully saturated rings. The van der Waals surface area contributed by atoms with Gasteiger partial charge in [-0.3, -0.25) is 0 Å². The van der Waals surface area contributed by atoms with E-state index < -0.39 is 0 Å². The SMILES string of the molecule is CC1CC2(C=NC(=S)N2)CCN1. The quantitative estimate of drug-likeness (QED) is 0.536. The van der Waals surface area contributed by atoms with Gasteiger partial charge in [-0.25, -0.2) is 4.99 Å². The summed E-state index contributed by atoms with van der Waals surface area (Å²) in [5.74, 6) is 0. The number of hydrogen-bond acceptors (Lipinski definition) is 2. The molecule has 0 aromatic carbocycles. The molecule has 1 saturated heterocycles. The first-order chi connectivity index (χ1) is 5.70. The van der Waals surface area contributed by atoms with Gasteiger partial charge in [-0.05, 0) is 38.5 Å². The Hall–Kier alpha value is -0.480. The second kappa shape index (κ2) is 2.78. The van der Waals surface area contributed by atoms with E-state index in [9.17, 15) is 0 Å². The van der Waals surface area contributed by atoms with Crippen LogP contribution in [-0.2, 0) is 0 Å². The van der Waals surface area contributed by atoms with Gasteiger partial charge < -0.3 is 10.6 Å². The molecular formula is C8H13N3S. The normalized spacial score (nSPS) is 40.4. The molecule has 4 heteroatoms. The molecule has 2 rings (SSSR count). The average Bonchev–Trinajstić information content (AvgIpc) is 2.32. The Balaban J connectivity index is 2.11. The van der Waals surface area contributed by atoms with E-state index in [1.165, 1.54) is 0 Å². The molecular weight excluding hydrogens is 170 g/mol. The number of piperidine rings is 1. The Morgan fingerprint density at radius 3 is 3.17 bits per heavy atom. The van der Waals surface area contributed by atoms with Crippen molar-refractivity contribution >= 4 is 23.5 Å². The zero-order chi connectivity index (χ0) is 8.60. The van der Waals surface area contributed by atoms with Gasteiger partial charge in [0.2, 0.25) is 0 Å². The Morgan fingerprint density at radius 2 is 2.58 bits per heavy atom. The molecule has 0 bridgehead atoms. The molecule has 2 unspecified atom stereocenters. The van der Waals surface area contributed by atoms with Crippen molar-refractivity contribution in [3.05, 3.63) is 0 Å². The third-order valence-electron chi connectivity index (χ3n) is 2.52. The molecule has 0 radical (unpaired) electrons. The molecule has 12 heavy (non-hydrogen) atoms. The Bertz CT molecular complexity index is 238. The van der Waals surface area contributed by atoms with Crippen LogP contribution in [0.1, 0.15) is 19.8 Å². The van der Waals surface area contributed by atoms with Crippen molar-refractivity contribution in [2.45, 2.75) is 31.3 Å². The fourth-order valence-corrected chi connectivity index (χ4v) is 2.21. The molecule has 3 nitrogen and oxygen atoms in total. The molecule has 2 N–H and O–H groups in total. The monoisotopic (exact) mass is 183 g/mol. The van der Waals surface area contributed by atoms with Crippen molar-refractivity contribution in [1.82, 2.24) is 10.6 Å². The van der Waals surface area contributed by atoms with Crippen molar-refractivity contribution in [3.63, 3.8) is 0 Å². The van der Waals surface area contributed by atoms with Crippen LogP contribution in [0.15, 0.2) is 4.99 Å². The number of hydrogen-bond donors (Lipinski definition) is 2. The zero-order valence-corrected chi connectivity index (χ0v) is 7.95. The van der Waals surface area contributed by atoms with Gasteiger partial charge in [0.25, 0.3) is 0 Å². The maximum Gasteiger partial charge on any atom is 0.193 e. The van der Waals surface area contributed by atoms with Gasteiger partial charge in [0.05, 0.1) is 5.54 Å². The first kappa shape index (κ1) is 8.13. The lowest BCUT2D eigenvalue weighted by atomic mass is 9.86. The zero-order valence-electron chi connectivity index (χ0n) is 7.13. The Kier molecular flexibility index (Phi) is 1.88. The fourth-order valence-electron chi connectivity index (χ4n) is 1.95. The van der Waals surface area contributed by atoms with E-state index in [0.717, 1.165) is 19.4 Å². The minimum Gasteiger partial charge on any atom is -0.350 e. The highest BCUT2D eigenvalue weighted by Crippen LogP contribution is 2.22. The van der Waals surface area contributed by atoms with Crippen molar-refractivity contribution in [3.8, 4) is 0 Å². The first-order valence-electron chi connectivity index (χ1n) is 4.31. The molecule has 0 aromatic heterocycles. The highest BCUT2D eigenvalue weighted by Gasteiger charge is 2.36. The van der Waals surface area contributed by atoms with Crippen LogP contribution >= 0.6 is 12.2 Å². The van der Waals surface area contributed by atoms with Gasteiger partial charge in [-0.15, -0.1) is 0 Å². The van der Waals surface area contributed by atoms with E-state index in [1.807, 2.05) is 6.21 Å². The number of aliphatic imine (C=N–C) groups is 1. The van der Waals surface area contributed by atoms with Gasteiger partial charge in [0.1, 0.15) is 0 Å². The molecule has 0 aromatic rings. The van der Waals surface area contributed by atoms with Gasteiger partial charge in [-0.2, -0.15) is 0 Å². The van der Waals surface area contributed by atoms with E-state index in [0.29, 0.717) is 11.2 Å². The first-order valence-corrected chi connectivity index (χ1v) is 4.72. The van der Waals surface area contributed by atoms with Crippen LogP contribution < -0.4 is 10.6 Å². The van der Waals surface area contributed by atoms with E-state index in [-0.39, 0.29) is 5.54 Å². The van der Waals surface area contributed by atoms with Crippen molar-refractivity contribution in [2.75, 3.05) is 6.54 Å². The molecule has 2 atom stereocenters. The number of thiocarbonyl (C=S) groups is 1. The maximum absolute atomic E-state index is 4.98. The van der Waals surface area contributed by atoms with E-state index >= 15 is 0 Å².